The molecule has 2 heterocycles. The minimum absolute atomic E-state index is 0.190. The standard InChI is InChI=1S/C7H6N4O/c12-7(10-3-1-2-4-10)11-5-8-9-6-11/h1-6H. The van der Waals surface area contributed by atoms with Crippen LogP contribution in [0.25, 0.3) is 0 Å². The van der Waals surface area contributed by atoms with E-state index in [0.717, 1.165) is 0 Å². The van der Waals surface area contributed by atoms with Crippen LogP contribution < -0.4 is 0 Å². The van der Waals surface area contributed by atoms with Crippen LogP contribution in [0, 0.1) is 0 Å². The highest BCUT2D eigenvalue weighted by Gasteiger charge is 2.03. The molecule has 2 aromatic rings. The molecule has 0 unspecified atom stereocenters. The average molecular weight is 162 g/mol. The quantitative estimate of drug-likeness (QED) is 0.569. The lowest BCUT2D eigenvalue weighted by atomic mass is 10.7. The monoisotopic (exact) mass is 162 g/mol. The minimum Gasteiger partial charge on any atom is -0.276 e. The first-order valence-electron chi connectivity index (χ1n) is 3.40. The maximum Gasteiger partial charge on any atom is 0.338 e. The van der Waals surface area contributed by atoms with E-state index in [2.05, 4.69) is 10.2 Å². The fourth-order valence-electron chi connectivity index (χ4n) is 0.895. The number of hydrogen-bond acceptors (Lipinski definition) is 3. The van der Waals surface area contributed by atoms with Crippen molar-refractivity contribution in [2.24, 2.45) is 0 Å². The lowest BCUT2D eigenvalue weighted by Gasteiger charge is -1.98. The minimum atomic E-state index is -0.190. The summed E-state index contributed by atoms with van der Waals surface area (Å²) in [4.78, 5) is 11.4. The van der Waals surface area contributed by atoms with Gasteiger partial charge in [0.25, 0.3) is 0 Å². The van der Waals surface area contributed by atoms with Crippen molar-refractivity contribution < 1.29 is 4.79 Å². The molecule has 0 aliphatic carbocycles. The van der Waals surface area contributed by atoms with E-state index in [9.17, 15) is 4.79 Å². The topological polar surface area (TPSA) is 52.7 Å². The van der Waals surface area contributed by atoms with Crippen molar-refractivity contribution in [1.82, 2.24) is 19.3 Å². The van der Waals surface area contributed by atoms with Crippen LogP contribution in [-0.4, -0.2) is 25.4 Å². The Morgan fingerprint density at radius 3 is 2.17 bits per heavy atom. The lowest BCUT2D eigenvalue weighted by molar-refractivity contribution is 0.244. The van der Waals surface area contributed by atoms with Crippen molar-refractivity contribution in [3.8, 4) is 0 Å². The number of aromatic nitrogens is 4. The number of nitrogens with zero attached hydrogens (tertiary/aromatic N) is 4. The summed E-state index contributed by atoms with van der Waals surface area (Å²) in [5, 5.41) is 7.06. The SMILES string of the molecule is O=C(n1cccc1)n1cnnc1. The highest BCUT2D eigenvalue weighted by molar-refractivity contribution is 5.78. The van der Waals surface area contributed by atoms with Gasteiger partial charge < -0.3 is 0 Å². The maximum atomic E-state index is 11.4. The molecule has 2 aromatic heterocycles. The van der Waals surface area contributed by atoms with E-state index in [-0.39, 0.29) is 6.03 Å². The molecule has 0 aliphatic rings. The molecule has 5 nitrogen and oxygen atoms in total. The third-order valence-electron chi connectivity index (χ3n) is 1.46. The lowest BCUT2D eigenvalue weighted by Crippen LogP contribution is -2.15. The molecule has 60 valence electrons. The van der Waals surface area contributed by atoms with Crippen molar-refractivity contribution in [3.05, 3.63) is 37.2 Å². The maximum absolute atomic E-state index is 11.4. The van der Waals surface area contributed by atoms with Gasteiger partial charge in [0, 0.05) is 12.4 Å². The molecule has 0 saturated heterocycles. The van der Waals surface area contributed by atoms with E-state index in [4.69, 9.17) is 0 Å². The zero-order chi connectivity index (χ0) is 8.39. The molecule has 0 aromatic carbocycles. The molecule has 0 N–H and O–H groups in total. The summed E-state index contributed by atoms with van der Waals surface area (Å²) in [6.07, 6.45) is 6.06. The number of hydrogen-bond donors (Lipinski definition) is 0. The summed E-state index contributed by atoms with van der Waals surface area (Å²) in [7, 11) is 0. The summed E-state index contributed by atoms with van der Waals surface area (Å²) in [6, 6.07) is 3.37. The Balaban J connectivity index is 2.34. The first-order chi connectivity index (χ1) is 5.88. The van der Waals surface area contributed by atoms with Crippen LogP contribution in [0.3, 0.4) is 0 Å². The summed E-state index contributed by atoms with van der Waals surface area (Å²) in [5.41, 5.74) is 0. The van der Waals surface area contributed by atoms with Gasteiger partial charge in [-0.15, -0.1) is 10.2 Å². The number of carbonyl (C=O) groups excluding carboxylic acids is 1. The fourth-order valence-corrected chi connectivity index (χ4v) is 0.895. The smallest absolute Gasteiger partial charge is 0.276 e. The third kappa shape index (κ3) is 1.01. The van der Waals surface area contributed by atoms with Crippen molar-refractivity contribution in [2.75, 3.05) is 0 Å². The molecule has 0 fully saturated rings. The largest absolute Gasteiger partial charge is 0.338 e. The molecule has 0 saturated carbocycles. The van der Waals surface area contributed by atoms with Gasteiger partial charge in [-0.25, -0.2) is 9.36 Å². The second-order valence-corrected chi connectivity index (χ2v) is 2.24. The zero-order valence-corrected chi connectivity index (χ0v) is 6.16. The highest BCUT2D eigenvalue weighted by Crippen LogP contribution is 1.93. The summed E-state index contributed by atoms with van der Waals surface area (Å²) in [5.74, 6) is 0. The normalized spacial score (nSPS) is 10.0. The van der Waals surface area contributed by atoms with Gasteiger partial charge in [-0.05, 0) is 12.1 Å². The van der Waals surface area contributed by atoms with Gasteiger partial charge in [0.2, 0.25) is 0 Å². The molecule has 5 heteroatoms. The van der Waals surface area contributed by atoms with Crippen LogP contribution in [0.15, 0.2) is 37.2 Å². The number of carbonyl (C=O) groups is 1. The van der Waals surface area contributed by atoms with Crippen molar-refractivity contribution in [1.29, 1.82) is 0 Å². The molecule has 0 bridgehead atoms. The van der Waals surface area contributed by atoms with Crippen molar-refractivity contribution in [3.63, 3.8) is 0 Å². The fraction of sp³-hybridized carbons (Fsp3) is 0. The van der Waals surface area contributed by atoms with Crippen LogP contribution in [0.5, 0.6) is 0 Å². The molecule has 0 spiro atoms. The Morgan fingerprint density at radius 1 is 1.00 bits per heavy atom. The molecule has 0 radical (unpaired) electrons. The Labute approximate surface area is 68.3 Å². The van der Waals surface area contributed by atoms with E-state index in [1.54, 1.807) is 24.5 Å². The van der Waals surface area contributed by atoms with Crippen LogP contribution in [0.2, 0.25) is 0 Å². The Bertz CT molecular complexity index is 326. The van der Waals surface area contributed by atoms with Crippen LogP contribution >= 0.6 is 0 Å². The molecule has 0 amide bonds. The van der Waals surface area contributed by atoms with Gasteiger partial charge in [-0.3, -0.25) is 4.57 Å². The van der Waals surface area contributed by atoms with Crippen molar-refractivity contribution >= 4 is 6.03 Å². The molecule has 2 rings (SSSR count). The molecule has 12 heavy (non-hydrogen) atoms. The summed E-state index contributed by atoms with van der Waals surface area (Å²) >= 11 is 0. The predicted octanol–water partition coefficient (Wildman–Crippen LogP) is 0.596. The van der Waals surface area contributed by atoms with E-state index in [0.29, 0.717) is 0 Å². The molecular weight excluding hydrogens is 156 g/mol. The van der Waals surface area contributed by atoms with E-state index < -0.39 is 0 Å². The van der Waals surface area contributed by atoms with Gasteiger partial charge in [0.1, 0.15) is 12.7 Å². The second-order valence-electron chi connectivity index (χ2n) is 2.24. The van der Waals surface area contributed by atoms with Gasteiger partial charge in [0.05, 0.1) is 0 Å². The Kier molecular flexibility index (Phi) is 1.48. The Hall–Kier alpha value is -1.91. The molecule has 0 aliphatic heterocycles. The van der Waals surface area contributed by atoms with Gasteiger partial charge in [-0.1, -0.05) is 0 Å². The molecule has 0 atom stereocenters. The first-order valence-corrected chi connectivity index (χ1v) is 3.40. The summed E-state index contributed by atoms with van der Waals surface area (Å²) < 4.78 is 2.75. The summed E-state index contributed by atoms with van der Waals surface area (Å²) in [6.45, 7) is 0. The van der Waals surface area contributed by atoms with E-state index in [1.807, 2.05) is 0 Å². The first kappa shape index (κ1) is 6.78. The van der Waals surface area contributed by atoms with Crippen LogP contribution in [-0.2, 0) is 0 Å². The van der Waals surface area contributed by atoms with E-state index in [1.165, 1.54) is 21.8 Å². The Morgan fingerprint density at radius 2 is 1.58 bits per heavy atom. The van der Waals surface area contributed by atoms with Gasteiger partial charge in [0.15, 0.2) is 0 Å². The van der Waals surface area contributed by atoms with Crippen molar-refractivity contribution in [2.45, 2.75) is 0 Å². The number of rotatable bonds is 0. The molecular formula is C7H6N4O. The highest BCUT2D eigenvalue weighted by atomic mass is 16.2. The van der Waals surface area contributed by atoms with Gasteiger partial charge >= 0.3 is 6.03 Å². The predicted molar refractivity (Wildman–Crippen MR) is 40.6 cm³/mol. The zero-order valence-electron chi connectivity index (χ0n) is 6.16. The van der Waals surface area contributed by atoms with Crippen LogP contribution in [0.1, 0.15) is 0 Å². The van der Waals surface area contributed by atoms with E-state index >= 15 is 0 Å². The third-order valence-corrected chi connectivity index (χ3v) is 1.46. The van der Waals surface area contributed by atoms with Crippen LogP contribution in [0.4, 0.5) is 4.79 Å². The average Bonchev–Trinajstić information content (AvgIpc) is 2.77. The second kappa shape index (κ2) is 2.61. The van der Waals surface area contributed by atoms with Gasteiger partial charge in [-0.2, -0.15) is 0 Å².